The van der Waals surface area contributed by atoms with E-state index in [4.69, 9.17) is 4.74 Å². The SMILES string of the molecule is COc1ccc(NS(=O)(=O)c2cccc(C(=O)NC3CCCNC3=O)c2)cc1Br. The number of amides is 2. The lowest BCUT2D eigenvalue weighted by molar-refractivity contribution is -0.124. The second-order valence-corrected chi connectivity index (χ2v) is 8.98. The summed E-state index contributed by atoms with van der Waals surface area (Å²) in [5.74, 6) is -0.171. The topological polar surface area (TPSA) is 114 Å². The minimum Gasteiger partial charge on any atom is -0.496 e. The van der Waals surface area contributed by atoms with Crippen LogP contribution < -0.4 is 20.1 Å². The number of halogens is 1. The maximum absolute atomic E-state index is 12.7. The normalized spacial score (nSPS) is 16.6. The monoisotopic (exact) mass is 481 g/mol. The summed E-state index contributed by atoms with van der Waals surface area (Å²) in [5, 5.41) is 5.34. The van der Waals surface area contributed by atoms with Crippen molar-refractivity contribution >= 4 is 43.5 Å². The third kappa shape index (κ3) is 5.07. The van der Waals surface area contributed by atoms with E-state index in [1.54, 1.807) is 18.2 Å². The molecule has 1 atom stereocenters. The van der Waals surface area contributed by atoms with Crippen LogP contribution in [-0.2, 0) is 14.8 Å². The number of ether oxygens (including phenoxy) is 1. The smallest absolute Gasteiger partial charge is 0.261 e. The van der Waals surface area contributed by atoms with Gasteiger partial charge in [-0.2, -0.15) is 0 Å². The van der Waals surface area contributed by atoms with Crippen LogP contribution in [0.3, 0.4) is 0 Å². The molecule has 0 aromatic heterocycles. The maximum Gasteiger partial charge on any atom is 0.261 e. The molecule has 2 aromatic rings. The number of anilines is 1. The molecule has 1 aliphatic rings. The van der Waals surface area contributed by atoms with Gasteiger partial charge >= 0.3 is 0 Å². The van der Waals surface area contributed by atoms with E-state index < -0.39 is 22.0 Å². The molecule has 2 aromatic carbocycles. The summed E-state index contributed by atoms with van der Waals surface area (Å²) in [7, 11) is -2.41. The zero-order valence-electron chi connectivity index (χ0n) is 15.6. The molecule has 1 unspecified atom stereocenters. The van der Waals surface area contributed by atoms with Gasteiger partial charge in [0.05, 0.1) is 22.2 Å². The Morgan fingerprint density at radius 3 is 2.72 bits per heavy atom. The summed E-state index contributed by atoms with van der Waals surface area (Å²) in [4.78, 5) is 24.2. The first kappa shape index (κ1) is 21.1. The summed E-state index contributed by atoms with van der Waals surface area (Å²) in [6.45, 7) is 0.589. The summed E-state index contributed by atoms with van der Waals surface area (Å²) in [6, 6.07) is 9.80. The van der Waals surface area contributed by atoms with Gasteiger partial charge in [-0.15, -0.1) is 0 Å². The highest BCUT2D eigenvalue weighted by Crippen LogP contribution is 2.29. The average molecular weight is 482 g/mol. The Bertz CT molecular complexity index is 1040. The Balaban J connectivity index is 1.77. The lowest BCUT2D eigenvalue weighted by Crippen LogP contribution is -2.50. The molecule has 0 spiro atoms. The fourth-order valence-corrected chi connectivity index (χ4v) is 4.54. The third-order valence-corrected chi connectivity index (χ3v) is 6.40. The first-order valence-electron chi connectivity index (χ1n) is 8.85. The van der Waals surface area contributed by atoms with Gasteiger partial charge in [-0.1, -0.05) is 6.07 Å². The summed E-state index contributed by atoms with van der Waals surface area (Å²) < 4.78 is 33.7. The second kappa shape index (κ2) is 8.83. The van der Waals surface area contributed by atoms with Crippen LogP contribution >= 0.6 is 15.9 Å². The molecule has 0 bridgehead atoms. The van der Waals surface area contributed by atoms with Crippen molar-refractivity contribution in [3.8, 4) is 5.75 Å². The van der Waals surface area contributed by atoms with Crippen molar-refractivity contribution in [1.82, 2.24) is 10.6 Å². The standard InChI is InChI=1S/C19H20BrN3O5S/c1-28-17-8-7-13(11-15(17)20)23-29(26,27)14-5-2-4-12(10-14)18(24)22-16-6-3-9-21-19(16)25/h2,4-5,7-8,10-11,16,23H,3,6,9H2,1H3,(H,21,25)(H,22,24). The quantitative estimate of drug-likeness (QED) is 0.585. The number of methoxy groups -OCH3 is 1. The van der Waals surface area contributed by atoms with Gasteiger partial charge in [0, 0.05) is 12.1 Å². The molecular weight excluding hydrogens is 462 g/mol. The summed E-state index contributed by atoms with van der Waals surface area (Å²) in [5.41, 5.74) is 0.494. The number of piperidine rings is 1. The van der Waals surface area contributed by atoms with E-state index in [0.29, 0.717) is 28.9 Å². The van der Waals surface area contributed by atoms with Crippen molar-refractivity contribution in [1.29, 1.82) is 0 Å². The largest absolute Gasteiger partial charge is 0.496 e. The first-order chi connectivity index (χ1) is 13.8. The van der Waals surface area contributed by atoms with Crippen LogP contribution in [0.15, 0.2) is 51.8 Å². The highest BCUT2D eigenvalue weighted by molar-refractivity contribution is 9.10. The van der Waals surface area contributed by atoms with Crippen molar-refractivity contribution in [3.05, 3.63) is 52.5 Å². The third-order valence-electron chi connectivity index (χ3n) is 4.40. The lowest BCUT2D eigenvalue weighted by atomic mass is 10.1. The van der Waals surface area contributed by atoms with E-state index in [1.165, 1.54) is 31.4 Å². The van der Waals surface area contributed by atoms with Crippen LogP contribution in [0.2, 0.25) is 0 Å². The van der Waals surface area contributed by atoms with E-state index in [-0.39, 0.29) is 16.4 Å². The van der Waals surface area contributed by atoms with E-state index >= 15 is 0 Å². The molecule has 1 aliphatic heterocycles. The predicted octanol–water partition coefficient (Wildman–Crippen LogP) is 2.27. The molecule has 0 radical (unpaired) electrons. The molecule has 3 rings (SSSR count). The number of carbonyl (C=O) groups excluding carboxylic acids is 2. The molecule has 8 nitrogen and oxygen atoms in total. The van der Waals surface area contributed by atoms with Gasteiger partial charge in [-0.3, -0.25) is 14.3 Å². The van der Waals surface area contributed by atoms with Crippen LogP contribution in [0.4, 0.5) is 5.69 Å². The number of sulfonamides is 1. The number of benzene rings is 2. The van der Waals surface area contributed by atoms with E-state index in [9.17, 15) is 18.0 Å². The Morgan fingerprint density at radius 1 is 1.24 bits per heavy atom. The minimum atomic E-state index is -3.92. The van der Waals surface area contributed by atoms with E-state index in [1.807, 2.05) is 0 Å². The molecule has 2 amide bonds. The number of nitrogens with one attached hydrogen (secondary N) is 3. The fourth-order valence-electron chi connectivity index (χ4n) is 2.90. The fraction of sp³-hybridized carbons (Fsp3) is 0.263. The minimum absolute atomic E-state index is 0.0646. The molecule has 0 aliphatic carbocycles. The number of rotatable bonds is 6. The molecule has 3 N–H and O–H groups in total. The molecule has 0 saturated carbocycles. The molecule has 29 heavy (non-hydrogen) atoms. The van der Waals surface area contributed by atoms with Crippen molar-refractivity contribution in [3.63, 3.8) is 0 Å². The average Bonchev–Trinajstić information content (AvgIpc) is 2.69. The number of hydrogen-bond acceptors (Lipinski definition) is 5. The van der Waals surface area contributed by atoms with Gasteiger partial charge in [0.2, 0.25) is 5.91 Å². The molecule has 10 heteroatoms. The zero-order chi connectivity index (χ0) is 21.0. The van der Waals surface area contributed by atoms with Crippen LogP contribution in [-0.4, -0.2) is 39.9 Å². The summed E-state index contributed by atoms with van der Waals surface area (Å²) in [6.07, 6.45) is 1.32. The van der Waals surface area contributed by atoms with Crippen LogP contribution in [0.1, 0.15) is 23.2 Å². The lowest BCUT2D eigenvalue weighted by Gasteiger charge is -2.22. The Labute approximate surface area is 177 Å². The van der Waals surface area contributed by atoms with Crippen molar-refractivity contribution < 1.29 is 22.7 Å². The van der Waals surface area contributed by atoms with Crippen molar-refractivity contribution in [2.75, 3.05) is 18.4 Å². The Morgan fingerprint density at radius 2 is 2.03 bits per heavy atom. The molecular formula is C19H20BrN3O5S. The van der Waals surface area contributed by atoms with Gasteiger partial charge in [-0.25, -0.2) is 8.42 Å². The Kier molecular flexibility index (Phi) is 6.43. The summed E-state index contributed by atoms with van der Waals surface area (Å²) >= 11 is 3.31. The predicted molar refractivity (Wildman–Crippen MR) is 111 cm³/mol. The van der Waals surface area contributed by atoms with Crippen molar-refractivity contribution in [2.45, 2.75) is 23.8 Å². The van der Waals surface area contributed by atoms with Gasteiger partial charge in [0.25, 0.3) is 15.9 Å². The zero-order valence-corrected chi connectivity index (χ0v) is 18.0. The van der Waals surface area contributed by atoms with Crippen LogP contribution in [0, 0.1) is 0 Å². The molecule has 1 heterocycles. The first-order valence-corrected chi connectivity index (χ1v) is 11.1. The highest BCUT2D eigenvalue weighted by atomic mass is 79.9. The van der Waals surface area contributed by atoms with Gasteiger partial charge < -0.3 is 15.4 Å². The maximum atomic E-state index is 12.7. The highest BCUT2D eigenvalue weighted by Gasteiger charge is 2.24. The molecule has 1 fully saturated rings. The number of carbonyl (C=O) groups is 2. The van der Waals surface area contributed by atoms with Crippen molar-refractivity contribution in [2.24, 2.45) is 0 Å². The van der Waals surface area contributed by atoms with Gasteiger partial charge in [-0.05, 0) is 65.2 Å². The van der Waals surface area contributed by atoms with Crippen LogP contribution in [0.5, 0.6) is 5.75 Å². The van der Waals surface area contributed by atoms with Gasteiger partial charge in [0.15, 0.2) is 0 Å². The van der Waals surface area contributed by atoms with Gasteiger partial charge in [0.1, 0.15) is 11.8 Å². The van der Waals surface area contributed by atoms with E-state index in [0.717, 1.165) is 6.42 Å². The second-order valence-electron chi connectivity index (χ2n) is 6.44. The Hall–Kier alpha value is -2.59. The molecule has 1 saturated heterocycles. The number of hydrogen-bond donors (Lipinski definition) is 3. The molecule has 154 valence electrons. The van der Waals surface area contributed by atoms with Crippen LogP contribution in [0.25, 0.3) is 0 Å². The van der Waals surface area contributed by atoms with E-state index in [2.05, 4.69) is 31.3 Å².